The summed E-state index contributed by atoms with van der Waals surface area (Å²) in [6, 6.07) is 10.3. The van der Waals surface area contributed by atoms with Gasteiger partial charge in [0.05, 0.1) is 24.2 Å². The highest BCUT2D eigenvalue weighted by atomic mass is 32.2. The van der Waals surface area contributed by atoms with Gasteiger partial charge in [-0.1, -0.05) is 42.1 Å². The van der Waals surface area contributed by atoms with Gasteiger partial charge in [-0.3, -0.25) is 4.79 Å². The fourth-order valence-corrected chi connectivity index (χ4v) is 3.70. The third-order valence-electron chi connectivity index (χ3n) is 4.14. The Balaban J connectivity index is 1.63. The van der Waals surface area contributed by atoms with Crippen LogP contribution in [0.15, 0.2) is 35.5 Å². The van der Waals surface area contributed by atoms with Crippen LogP contribution in [0, 0.1) is 6.92 Å². The van der Waals surface area contributed by atoms with Gasteiger partial charge in [0, 0.05) is 25.2 Å². The van der Waals surface area contributed by atoms with Gasteiger partial charge in [0.1, 0.15) is 0 Å². The number of aromatic nitrogens is 2. The van der Waals surface area contributed by atoms with Crippen molar-refractivity contribution >= 4 is 17.7 Å². The van der Waals surface area contributed by atoms with Gasteiger partial charge in [0.15, 0.2) is 5.16 Å². The maximum atomic E-state index is 12.5. The molecule has 1 aromatic heterocycles. The number of aromatic amines is 1. The quantitative estimate of drug-likeness (QED) is 0.847. The van der Waals surface area contributed by atoms with Crippen molar-refractivity contribution in [3.05, 3.63) is 47.3 Å². The van der Waals surface area contributed by atoms with Crippen LogP contribution in [0.4, 0.5) is 0 Å². The number of benzene rings is 1. The van der Waals surface area contributed by atoms with Crippen molar-refractivity contribution in [3.63, 3.8) is 0 Å². The highest BCUT2D eigenvalue weighted by Crippen LogP contribution is 2.24. The topological polar surface area (TPSA) is 58.2 Å². The number of nitrogens with one attached hydrogen (secondary N) is 1. The number of hydrogen-bond donors (Lipinski definition) is 1. The first-order chi connectivity index (χ1) is 11.6. The number of imidazole rings is 1. The molecule has 0 bridgehead atoms. The number of hydrogen-bond acceptors (Lipinski definition) is 4. The number of ether oxygens (including phenoxy) is 1. The standard InChI is InChI=1S/C18H23N3O2S/c1-13-16(12-15-6-4-3-5-7-15)20-18(19-13)24-14(2)17(22)21-8-10-23-11-9-21/h3-7,14H,8-12H2,1-2H3,(H,19,20)/t14-/m0/s1. The Labute approximate surface area is 146 Å². The summed E-state index contributed by atoms with van der Waals surface area (Å²) in [6.45, 7) is 6.59. The highest BCUT2D eigenvalue weighted by Gasteiger charge is 2.24. The fourth-order valence-electron chi connectivity index (χ4n) is 2.74. The molecule has 0 saturated carbocycles. The third kappa shape index (κ3) is 4.19. The fraction of sp³-hybridized carbons (Fsp3) is 0.444. The first-order valence-corrected chi connectivity index (χ1v) is 9.14. The summed E-state index contributed by atoms with van der Waals surface area (Å²) in [5, 5.41) is 0.658. The van der Waals surface area contributed by atoms with Gasteiger partial charge < -0.3 is 14.6 Å². The van der Waals surface area contributed by atoms with Crippen molar-refractivity contribution in [2.24, 2.45) is 0 Å². The molecule has 0 aliphatic carbocycles. The molecule has 1 N–H and O–H groups in total. The molecule has 0 unspecified atom stereocenters. The summed E-state index contributed by atoms with van der Waals surface area (Å²) in [6.07, 6.45) is 0.801. The van der Waals surface area contributed by atoms with E-state index in [0.717, 1.165) is 23.0 Å². The van der Waals surface area contributed by atoms with Crippen LogP contribution < -0.4 is 0 Å². The van der Waals surface area contributed by atoms with Crippen molar-refractivity contribution < 1.29 is 9.53 Å². The molecule has 6 heteroatoms. The van der Waals surface area contributed by atoms with Crippen molar-refractivity contribution in [1.82, 2.24) is 14.9 Å². The van der Waals surface area contributed by atoms with Crippen LogP contribution >= 0.6 is 11.8 Å². The molecule has 2 aromatic rings. The van der Waals surface area contributed by atoms with Crippen LogP contribution in [0.1, 0.15) is 23.9 Å². The predicted octanol–water partition coefficient (Wildman–Crippen LogP) is 2.65. The molecule has 1 saturated heterocycles. The van der Waals surface area contributed by atoms with Gasteiger partial charge in [-0.2, -0.15) is 0 Å². The molecule has 2 heterocycles. The third-order valence-corrected chi connectivity index (χ3v) is 5.11. The lowest BCUT2D eigenvalue weighted by Gasteiger charge is -2.28. The van der Waals surface area contributed by atoms with E-state index in [4.69, 9.17) is 4.74 Å². The minimum absolute atomic E-state index is 0.154. The lowest BCUT2D eigenvalue weighted by Crippen LogP contribution is -2.44. The Morgan fingerprint density at radius 1 is 1.33 bits per heavy atom. The molecule has 1 amide bonds. The predicted molar refractivity (Wildman–Crippen MR) is 95.3 cm³/mol. The van der Waals surface area contributed by atoms with E-state index >= 15 is 0 Å². The van der Waals surface area contributed by atoms with Gasteiger partial charge in [-0.05, 0) is 19.4 Å². The molecule has 0 spiro atoms. The van der Waals surface area contributed by atoms with Gasteiger partial charge in [0.25, 0.3) is 0 Å². The van der Waals surface area contributed by atoms with Gasteiger partial charge in [0.2, 0.25) is 5.91 Å². The second-order valence-electron chi connectivity index (χ2n) is 5.97. The van der Waals surface area contributed by atoms with Crippen LogP contribution in [-0.2, 0) is 16.0 Å². The molecule has 1 aliphatic rings. The molecular weight excluding hydrogens is 322 g/mol. The van der Waals surface area contributed by atoms with Crippen LogP contribution in [0.3, 0.4) is 0 Å². The number of amides is 1. The molecule has 1 fully saturated rings. The average Bonchev–Trinajstić information content (AvgIpc) is 2.95. The van der Waals surface area contributed by atoms with Crippen LogP contribution in [0.25, 0.3) is 0 Å². The maximum Gasteiger partial charge on any atom is 0.236 e. The zero-order valence-corrected chi connectivity index (χ0v) is 14.9. The second kappa shape index (κ2) is 7.85. The number of aryl methyl sites for hydroxylation is 1. The van der Waals surface area contributed by atoms with Gasteiger partial charge in [-0.15, -0.1) is 0 Å². The molecule has 5 nitrogen and oxygen atoms in total. The Morgan fingerprint density at radius 3 is 2.75 bits per heavy atom. The maximum absolute atomic E-state index is 12.5. The second-order valence-corrected chi connectivity index (χ2v) is 7.30. The van der Waals surface area contributed by atoms with Crippen molar-refractivity contribution in [2.45, 2.75) is 30.7 Å². The van der Waals surface area contributed by atoms with E-state index in [1.54, 1.807) is 0 Å². The lowest BCUT2D eigenvalue weighted by atomic mass is 10.1. The Hall–Kier alpha value is -1.79. The van der Waals surface area contributed by atoms with E-state index in [2.05, 4.69) is 22.1 Å². The van der Waals surface area contributed by atoms with E-state index in [9.17, 15) is 4.79 Å². The van der Waals surface area contributed by atoms with Crippen molar-refractivity contribution in [1.29, 1.82) is 0 Å². The summed E-state index contributed by atoms with van der Waals surface area (Å²) >= 11 is 1.49. The van der Waals surface area contributed by atoms with Crippen molar-refractivity contribution in [2.75, 3.05) is 26.3 Å². The Morgan fingerprint density at radius 2 is 2.04 bits per heavy atom. The molecule has 128 valence electrons. The van der Waals surface area contributed by atoms with E-state index in [-0.39, 0.29) is 11.2 Å². The first kappa shape index (κ1) is 17.0. The molecular formula is C18H23N3O2S. The zero-order chi connectivity index (χ0) is 16.9. The SMILES string of the molecule is Cc1[nH]c(S[C@@H](C)C(=O)N2CCOCC2)nc1Cc1ccccc1. The Bertz CT molecular complexity index is 681. The number of nitrogens with zero attached hydrogens (tertiary/aromatic N) is 2. The number of carbonyl (C=O) groups is 1. The summed E-state index contributed by atoms with van der Waals surface area (Å²) in [7, 11) is 0. The van der Waals surface area contributed by atoms with Crippen LogP contribution in [-0.4, -0.2) is 52.3 Å². The smallest absolute Gasteiger partial charge is 0.236 e. The van der Waals surface area contributed by atoms with E-state index in [1.165, 1.54) is 17.3 Å². The number of carbonyl (C=O) groups excluding carboxylic acids is 1. The van der Waals surface area contributed by atoms with Crippen LogP contribution in [0.5, 0.6) is 0 Å². The normalized spacial score (nSPS) is 16.2. The molecule has 3 rings (SSSR count). The molecule has 1 aliphatic heterocycles. The molecule has 0 radical (unpaired) electrons. The average molecular weight is 345 g/mol. The number of rotatable bonds is 5. The molecule has 1 aromatic carbocycles. The van der Waals surface area contributed by atoms with Gasteiger partial charge >= 0.3 is 0 Å². The number of morpholine rings is 1. The zero-order valence-electron chi connectivity index (χ0n) is 14.1. The lowest BCUT2D eigenvalue weighted by molar-refractivity contribution is -0.134. The van der Waals surface area contributed by atoms with Gasteiger partial charge in [-0.25, -0.2) is 4.98 Å². The number of H-pyrrole nitrogens is 1. The van der Waals surface area contributed by atoms with E-state index in [0.29, 0.717) is 26.3 Å². The monoisotopic (exact) mass is 345 g/mol. The largest absolute Gasteiger partial charge is 0.378 e. The first-order valence-electron chi connectivity index (χ1n) is 8.26. The summed E-state index contributed by atoms with van der Waals surface area (Å²) in [4.78, 5) is 22.4. The van der Waals surface area contributed by atoms with Crippen molar-refractivity contribution in [3.8, 4) is 0 Å². The summed E-state index contributed by atoms with van der Waals surface area (Å²) < 4.78 is 5.30. The Kier molecular flexibility index (Phi) is 5.58. The minimum Gasteiger partial charge on any atom is -0.378 e. The molecule has 24 heavy (non-hydrogen) atoms. The minimum atomic E-state index is -0.154. The summed E-state index contributed by atoms with van der Waals surface area (Å²) in [5.74, 6) is 0.155. The van der Waals surface area contributed by atoms with Crippen LogP contribution in [0.2, 0.25) is 0 Å². The van der Waals surface area contributed by atoms with E-state index < -0.39 is 0 Å². The number of thioether (sulfide) groups is 1. The summed E-state index contributed by atoms with van der Waals surface area (Å²) in [5.41, 5.74) is 3.34. The van der Waals surface area contributed by atoms with E-state index in [1.807, 2.05) is 36.9 Å². The molecule has 1 atom stereocenters. The highest BCUT2D eigenvalue weighted by molar-refractivity contribution is 8.00.